The van der Waals surface area contributed by atoms with Crippen molar-refractivity contribution < 1.29 is 9.53 Å². The van der Waals surface area contributed by atoms with Gasteiger partial charge in [-0.25, -0.2) is 9.78 Å². The van der Waals surface area contributed by atoms with Gasteiger partial charge in [0.15, 0.2) is 0 Å². The Bertz CT molecular complexity index is 699. The normalized spacial score (nSPS) is 14.9. The van der Waals surface area contributed by atoms with Crippen LogP contribution in [0.25, 0.3) is 0 Å². The molecule has 1 heterocycles. The molecular weight excluding hydrogens is 304 g/mol. The maximum Gasteiger partial charge on any atom is 0.337 e. The van der Waals surface area contributed by atoms with E-state index >= 15 is 0 Å². The average Bonchev–Trinajstić information content (AvgIpc) is 2.62. The number of methoxy groups -OCH3 is 1. The Kier molecular flexibility index (Phi) is 5.25. The van der Waals surface area contributed by atoms with Gasteiger partial charge in [0.25, 0.3) is 0 Å². The van der Waals surface area contributed by atoms with Crippen molar-refractivity contribution >= 4 is 23.4 Å². The summed E-state index contributed by atoms with van der Waals surface area (Å²) in [5.41, 5.74) is 1.23. The van der Waals surface area contributed by atoms with Gasteiger partial charge < -0.3 is 15.4 Å². The fraction of sp³-hybridized carbons (Fsp3) is 0.389. The number of ether oxygens (including phenoxy) is 1. The Morgan fingerprint density at radius 2 is 2.04 bits per heavy atom. The molecule has 1 fully saturated rings. The first-order valence-corrected chi connectivity index (χ1v) is 8.29. The van der Waals surface area contributed by atoms with Crippen LogP contribution >= 0.6 is 0 Å². The van der Waals surface area contributed by atoms with Crippen LogP contribution in [0.15, 0.2) is 36.5 Å². The van der Waals surface area contributed by atoms with E-state index in [9.17, 15) is 4.79 Å². The highest BCUT2D eigenvalue weighted by Crippen LogP contribution is 2.22. The second kappa shape index (κ2) is 7.77. The van der Waals surface area contributed by atoms with Gasteiger partial charge in [0.2, 0.25) is 5.95 Å². The van der Waals surface area contributed by atoms with Gasteiger partial charge >= 0.3 is 5.97 Å². The number of hydrogen-bond acceptors (Lipinski definition) is 6. The molecule has 2 aromatic rings. The van der Waals surface area contributed by atoms with E-state index in [1.54, 1.807) is 24.4 Å². The largest absolute Gasteiger partial charge is 0.465 e. The van der Waals surface area contributed by atoms with Crippen molar-refractivity contribution in [2.24, 2.45) is 0 Å². The van der Waals surface area contributed by atoms with Crippen molar-refractivity contribution in [2.75, 3.05) is 17.7 Å². The zero-order valence-corrected chi connectivity index (χ0v) is 13.8. The fourth-order valence-electron chi connectivity index (χ4n) is 2.93. The molecule has 0 aliphatic heterocycles. The Morgan fingerprint density at radius 1 is 1.21 bits per heavy atom. The summed E-state index contributed by atoms with van der Waals surface area (Å²) in [5, 5.41) is 6.61. The van der Waals surface area contributed by atoms with Crippen molar-refractivity contribution in [3.05, 3.63) is 42.1 Å². The van der Waals surface area contributed by atoms with Crippen LogP contribution in [0.3, 0.4) is 0 Å². The van der Waals surface area contributed by atoms with Gasteiger partial charge in [-0.1, -0.05) is 25.3 Å². The monoisotopic (exact) mass is 326 g/mol. The molecule has 0 radical (unpaired) electrons. The van der Waals surface area contributed by atoms with Crippen LogP contribution in [-0.4, -0.2) is 29.1 Å². The zero-order valence-electron chi connectivity index (χ0n) is 13.8. The summed E-state index contributed by atoms with van der Waals surface area (Å²) in [4.78, 5) is 20.4. The summed E-state index contributed by atoms with van der Waals surface area (Å²) < 4.78 is 4.74. The molecule has 0 spiro atoms. The molecule has 1 aromatic carbocycles. The Balaban J connectivity index is 1.69. The van der Waals surface area contributed by atoms with Crippen LogP contribution < -0.4 is 10.6 Å². The smallest absolute Gasteiger partial charge is 0.337 e. The first kappa shape index (κ1) is 16.2. The highest BCUT2D eigenvalue weighted by Gasteiger charge is 2.13. The number of hydrogen-bond donors (Lipinski definition) is 2. The molecule has 24 heavy (non-hydrogen) atoms. The Hall–Kier alpha value is -2.63. The van der Waals surface area contributed by atoms with Crippen LogP contribution in [0.5, 0.6) is 0 Å². The summed E-state index contributed by atoms with van der Waals surface area (Å²) >= 11 is 0. The van der Waals surface area contributed by atoms with Crippen LogP contribution in [0.4, 0.5) is 17.5 Å². The molecule has 126 valence electrons. The predicted molar refractivity (Wildman–Crippen MR) is 93.6 cm³/mol. The highest BCUT2D eigenvalue weighted by atomic mass is 16.5. The highest BCUT2D eigenvalue weighted by molar-refractivity contribution is 5.90. The maximum atomic E-state index is 11.6. The average molecular weight is 326 g/mol. The third kappa shape index (κ3) is 4.22. The van der Waals surface area contributed by atoms with Gasteiger partial charge in [0.1, 0.15) is 5.82 Å². The first-order chi connectivity index (χ1) is 11.7. The number of benzene rings is 1. The minimum atomic E-state index is -0.368. The third-order valence-corrected chi connectivity index (χ3v) is 4.15. The molecule has 3 rings (SSSR count). The van der Waals surface area contributed by atoms with Crippen LogP contribution in [0.1, 0.15) is 42.5 Å². The molecule has 6 nitrogen and oxygen atoms in total. The molecule has 6 heteroatoms. The van der Waals surface area contributed by atoms with E-state index in [4.69, 9.17) is 4.74 Å². The SMILES string of the molecule is COC(=O)c1cccc(Nc2nccc(NC3CCCCC3)n2)c1. The van der Waals surface area contributed by atoms with Crippen LogP contribution in [0, 0.1) is 0 Å². The standard InChI is InChI=1S/C18H22N4O2/c1-24-17(23)13-6-5-9-15(12-13)21-18-19-11-10-16(22-18)20-14-7-3-2-4-8-14/h5-6,9-12,14H,2-4,7-8H2,1H3,(H2,19,20,21,22). The van der Waals surface area contributed by atoms with E-state index in [0.29, 0.717) is 17.6 Å². The van der Waals surface area contributed by atoms with Crippen LogP contribution in [0.2, 0.25) is 0 Å². The van der Waals surface area contributed by atoms with Crippen molar-refractivity contribution in [2.45, 2.75) is 38.1 Å². The lowest BCUT2D eigenvalue weighted by Crippen LogP contribution is -2.22. The molecule has 0 atom stereocenters. The molecule has 2 N–H and O–H groups in total. The number of carbonyl (C=O) groups excluding carboxylic acids is 1. The zero-order chi connectivity index (χ0) is 16.8. The summed E-state index contributed by atoms with van der Waals surface area (Å²) in [5.74, 6) is 0.952. The number of esters is 1. The maximum absolute atomic E-state index is 11.6. The fourth-order valence-corrected chi connectivity index (χ4v) is 2.93. The number of nitrogens with zero attached hydrogens (tertiary/aromatic N) is 2. The number of carbonyl (C=O) groups is 1. The molecule has 0 bridgehead atoms. The van der Waals surface area contributed by atoms with Gasteiger partial charge in [0.05, 0.1) is 12.7 Å². The number of anilines is 3. The minimum Gasteiger partial charge on any atom is -0.465 e. The first-order valence-electron chi connectivity index (χ1n) is 8.29. The van der Waals surface area contributed by atoms with Gasteiger partial charge in [-0.05, 0) is 37.1 Å². The summed E-state index contributed by atoms with van der Waals surface area (Å²) in [6.45, 7) is 0. The molecule has 1 aliphatic carbocycles. The number of aromatic nitrogens is 2. The number of rotatable bonds is 5. The van der Waals surface area contributed by atoms with Gasteiger partial charge in [-0.2, -0.15) is 4.98 Å². The minimum absolute atomic E-state index is 0.368. The summed E-state index contributed by atoms with van der Waals surface area (Å²) in [7, 11) is 1.37. The second-order valence-corrected chi connectivity index (χ2v) is 5.94. The number of nitrogens with one attached hydrogen (secondary N) is 2. The van der Waals surface area contributed by atoms with Crippen LogP contribution in [-0.2, 0) is 4.74 Å². The quantitative estimate of drug-likeness (QED) is 0.815. The van der Waals surface area contributed by atoms with Gasteiger partial charge in [0, 0.05) is 17.9 Å². The Labute approximate surface area is 141 Å². The van der Waals surface area contributed by atoms with E-state index < -0.39 is 0 Å². The molecule has 1 aliphatic rings. The molecule has 0 unspecified atom stereocenters. The van der Waals surface area contributed by atoms with Crippen molar-refractivity contribution in [3.8, 4) is 0 Å². The predicted octanol–water partition coefficient (Wildman–Crippen LogP) is 3.75. The molecular formula is C18H22N4O2. The Morgan fingerprint density at radius 3 is 2.83 bits per heavy atom. The van der Waals surface area contributed by atoms with E-state index in [2.05, 4.69) is 20.6 Å². The lowest BCUT2D eigenvalue weighted by atomic mass is 9.95. The van der Waals surface area contributed by atoms with E-state index in [1.807, 2.05) is 12.1 Å². The van der Waals surface area contributed by atoms with E-state index in [1.165, 1.54) is 39.2 Å². The lowest BCUT2D eigenvalue weighted by Gasteiger charge is -2.23. The topological polar surface area (TPSA) is 76.1 Å². The second-order valence-electron chi connectivity index (χ2n) is 5.94. The molecule has 0 saturated heterocycles. The lowest BCUT2D eigenvalue weighted by molar-refractivity contribution is 0.0601. The molecule has 0 amide bonds. The van der Waals surface area contributed by atoms with E-state index in [-0.39, 0.29) is 5.97 Å². The summed E-state index contributed by atoms with van der Waals surface area (Å²) in [6.07, 6.45) is 7.97. The van der Waals surface area contributed by atoms with Crippen molar-refractivity contribution in [1.82, 2.24) is 9.97 Å². The van der Waals surface area contributed by atoms with Gasteiger partial charge in [-0.3, -0.25) is 0 Å². The van der Waals surface area contributed by atoms with Crippen molar-refractivity contribution in [1.29, 1.82) is 0 Å². The molecule has 1 saturated carbocycles. The molecule has 1 aromatic heterocycles. The summed E-state index contributed by atoms with van der Waals surface area (Å²) in [6, 6.07) is 9.44. The third-order valence-electron chi connectivity index (χ3n) is 4.15. The van der Waals surface area contributed by atoms with Crippen molar-refractivity contribution in [3.63, 3.8) is 0 Å². The van der Waals surface area contributed by atoms with Gasteiger partial charge in [-0.15, -0.1) is 0 Å². The van der Waals surface area contributed by atoms with E-state index in [0.717, 1.165) is 11.5 Å².